The molecule has 4 bridgehead atoms. The van der Waals surface area contributed by atoms with Gasteiger partial charge in [0.15, 0.2) is 0 Å². The molecule has 0 amide bonds. The predicted octanol–water partition coefficient (Wildman–Crippen LogP) is 2.91. The molecule has 6 rings (SSSR count). The lowest BCUT2D eigenvalue weighted by molar-refractivity contribution is -0.140. The van der Waals surface area contributed by atoms with E-state index in [4.69, 9.17) is 14.2 Å². The highest BCUT2D eigenvalue weighted by atomic mass is 16.6. The second kappa shape index (κ2) is 5.15. The Hall–Kier alpha value is -2.40. The smallest absolute Gasteiger partial charge is 0.335 e. The maximum Gasteiger partial charge on any atom is 0.335 e. The number of carbonyl (C=O) groups is 2. The Kier molecular flexibility index (Phi) is 3.04. The highest BCUT2D eigenvalue weighted by Gasteiger charge is 2.94. The maximum atomic E-state index is 12.8. The van der Waals surface area contributed by atoms with Gasteiger partial charge in [0.2, 0.25) is 0 Å². The van der Waals surface area contributed by atoms with Crippen molar-refractivity contribution in [3.63, 3.8) is 0 Å². The molecule has 1 saturated heterocycles. The van der Waals surface area contributed by atoms with E-state index in [1.54, 1.807) is 0 Å². The van der Waals surface area contributed by atoms with Gasteiger partial charge in [-0.05, 0) is 42.2 Å². The Morgan fingerprint density at radius 3 is 2.00 bits per heavy atom. The third-order valence-electron chi connectivity index (χ3n) is 7.89. The van der Waals surface area contributed by atoms with Crippen molar-refractivity contribution in [3.8, 4) is 0 Å². The highest BCUT2D eigenvalue weighted by molar-refractivity contribution is 6.06. The maximum absolute atomic E-state index is 12.8. The SMILES string of the molecule is COC(=O)C1=C(C(=O)OC)[C@H]2C(=Cc3ccccc3)[C@H]1[C@]13O[C@@]21[C@H]1CC[C@H]3C1. The van der Waals surface area contributed by atoms with E-state index in [0.717, 1.165) is 30.4 Å². The summed E-state index contributed by atoms with van der Waals surface area (Å²) in [6.07, 6.45) is 5.55. The molecular weight excluding hydrogens is 356 g/mol. The van der Waals surface area contributed by atoms with Gasteiger partial charge in [-0.25, -0.2) is 9.59 Å². The molecule has 0 unspecified atom stereocenters. The fourth-order valence-electron chi connectivity index (χ4n) is 7.18. The summed E-state index contributed by atoms with van der Waals surface area (Å²) in [4.78, 5) is 25.6. The molecule has 1 heterocycles. The minimum Gasteiger partial charge on any atom is -0.466 e. The van der Waals surface area contributed by atoms with Crippen LogP contribution in [0.25, 0.3) is 6.08 Å². The van der Waals surface area contributed by atoms with Gasteiger partial charge in [0, 0.05) is 11.8 Å². The van der Waals surface area contributed by atoms with Crippen molar-refractivity contribution < 1.29 is 23.8 Å². The summed E-state index contributed by atoms with van der Waals surface area (Å²) < 4.78 is 16.8. The third-order valence-corrected chi connectivity index (χ3v) is 7.89. The Bertz CT molecular complexity index is 922. The first-order valence-electron chi connectivity index (χ1n) is 9.97. The van der Waals surface area contributed by atoms with E-state index in [1.807, 2.05) is 30.3 Å². The molecule has 5 heteroatoms. The zero-order valence-electron chi connectivity index (χ0n) is 15.9. The van der Waals surface area contributed by atoms with Crippen molar-refractivity contribution in [3.05, 3.63) is 52.6 Å². The van der Waals surface area contributed by atoms with Crippen molar-refractivity contribution in [1.29, 1.82) is 0 Å². The number of hydrogen-bond acceptors (Lipinski definition) is 5. The van der Waals surface area contributed by atoms with Gasteiger partial charge in [0.1, 0.15) is 11.2 Å². The molecule has 1 aromatic carbocycles. The van der Waals surface area contributed by atoms with E-state index in [0.29, 0.717) is 23.0 Å². The minimum absolute atomic E-state index is 0.213. The van der Waals surface area contributed by atoms with Crippen molar-refractivity contribution in [2.75, 3.05) is 14.2 Å². The molecule has 1 aromatic rings. The zero-order valence-corrected chi connectivity index (χ0v) is 15.9. The first-order chi connectivity index (χ1) is 13.6. The van der Waals surface area contributed by atoms with Crippen molar-refractivity contribution in [1.82, 2.24) is 0 Å². The fraction of sp³-hybridized carbons (Fsp3) is 0.478. The minimum atomic E-state index is -0.437. The monoisotopic (exact) mass is 378 g/mol. The molecule has 1 aliphatic heterocycles. The molecule has 4 aliphatic carbocycles. The molecule has 4 fully saturated rings. The van der Waals surface area contributed by atoms with Gasteiger partial charge < -0.3 is 14.2 Å². The molecule has 0 aromatic heterocycles. The molecule has 0 radical (unpaired) electrons. The lowest BCUT2D eigenvalue weighted by Crippen LogP contribution is -2.42. The topological polar surface area (TPSA) is 65.1 Å². The van der Waals surface area contributed by atoms with Gasteiger partial charge in [-0.3, -0.25) is 0 Å². The van der Waals surface area contributed by atoms with Crippen LogP contribution in [0, 0.1) is 23.7 Å². The van der Waals surface area contributed by atoms with Gasteiger partial charge in [0.05, 0.1) is 25.4 Å². The second-order valence-corrected chi connectivity index (χ2v) is 8.63. The summed E-state index contributed by atoms with van der Waals surface area (Å²) in [6, 6.07) is 10.1. The predicted molar refractivity (Wildman–Crippen MR) is 99.8 cm³/mol. The van der Waals surface area contributed by atoms with Gasteiger partial charge in [-0.15, -0.1) is 0 Å². The summed E-state index contributed by atoms with van der Waals surface area (Å²) in [5, 5.41) is 0. The lowest BCUT2D eigenvalue weighted by Gasteiger charge is -2.29. The summed E-state index contributed by atoms with van der Waals surface area (Å²) in [6.45, 7) is 0. The highest BCUT2D eigenvalue weighted by Crippen LogP contribution is 2.86. The molecule has 5 aliphatic rings. The van der Waals surface area contributed by atoms with Crippen LogP contribution >= 0.6 is 0 Å². The van der Waals surface area contributed by atoms with Crippen molar-refractivity contribution >= 4 is 18.0 Å². The van der Waals surface area contributed by atoms with Gasteiger partial charge in [-0.2, -0.15) is 0 Å². The molecule has 6 atom stereocenters. The Labute approximate surface area is 163 Å². The van der Waals surface area contributed by atoms with E-state index in [2.05, 4.69) is 6.08 Å². The zero-order chi connectivity index (χ0) is 19.3. The van der Waals surface area contributed by atoms with Gasteiger partial charge >= 0.3 is 11.9 Å². The van der Waals surface area contributed by atoms with Crippen LogP contribution in [0.15, 0.2) is 47.1 Å². The summed E-state index contributed by atoms with van der Waals surface area (Å²) >= 11 is 0. The largest absolute Gasteiger partial charge is 0.466 e. The molecule has 0 N–H and O–H groups in total. The van der Waals surface area contributed by atoms with Crippen LogP contribution in [0.5, 0.6) is 0 Å². The molecule has 0 spiro atoms. The van der Waals surface area contributed by atoms with Gasteiger partial charge in [0.25, 0.3) is 0 Å². The van der Waals surface area contributed by atoms with Crippen LogP contribution in [-0.4, -0.2) is 37.4 Å². The first-order valence-corrected chi connectivity index (χ1v) is 9.97. The summed E-state index contributed by atoms with van der Waals surface area (Å²) in [5.74, 6) is -0.401. The van der Waals surface area contributed by atoms with E-state index in [1.165, 1.54) is 14.2 Å². The van der Waals surface area contributed by atoms with Crippen LogP contribution in [0.3, 0.4) is 0 Å². The summed E-state index contributed by atoms with van der Waals surface area (Å²) in [5.41, 5.74) is 2.45. The van der Waals surface area contributed by atoms with Crippen LogP contribution in [0.4, 0.5) is 0 Å². The standard InChI is InChI=1S/C23H22O5/c1-26-20(24)16-17(21(25)27-2)19-15(10-12-6-4-3-5-7-12)18(16)22-13-8-9-14(11-13)23(19,22)28-22/h3-7,10,13-14,18-19H,8-9,11H2,1-2H3/t13-,14-,18+,19+,22-,23-/m0/s1. The average Bonchev–Trinajstić information content (AvgIpc) is 3.02. The Balaban J connectivity index is 1.59. The number of benzene rings is 1. The van der Waals surface area contributed by atoms with Crippen LogP contribution < -0.4 is 0 Å². The number of epoxide rings is 1. The first kappa shape index (κ1) is 16.5. The third kappa shape index (κ3) is 1.57. The summed E-state index contributed by atoms with van der Waals surface area (Å²) in [7, 11) is 2.74. The van der Waals surface area contributed by atoms with E-state index in [9.17, 15) is 9.59 Å². The average molecular weight is 378 g/mol. The molecule has 5 nitrogen and oxygen atoms in total. The number of carbonyl (C=O) groups excluding carboxylic acids is 2. The molecule has 28 heavy (non-hydrogen) atoms. The van der Waals surface area contributed by atoms with Crippen LogP contribution in [0.1, 0.15) is 24.8 Å². The molecule has 3 saturated carbocycles. The van der Waals surface area contributed by atoms with Crippen molar-refractivity contribution in [2.24, 2.45) is 23.7 Å². The number of rotatable bonds is 3. The Morgan fingerprint density at radius 1 is 0.964 bits per heavy atom. The quantitative estimate of drug-likeness (QED) is 0.598. The number of ether oxygens (including phenoxy) is 3. The van der Waals surface area contributed by atoms with Gasteiger partial charge in [-0.1, -0.05) is 36.4 Å². The number of hydrogen-bond donors (Lipinski definition) is 0. The van der Waals surface area contributed by atoms with E-state index in [-0.39, 0.29) is 23.0 Å². The molecule has 144 valence electrons. The van der Waals surface area contributed by atoms with Crippen molar-refractivity contribution in [2.45, 2.75) is 30.5 Å². The second-order valence-electron chi connectivity index (χ2n) is 8.63. The Morgan fingerprint density at radius 2 is 1.50 bits per heavy atom. The molecular formula is C23H22O5. The normalized spacial score (nSPS) is 41.0. The van der Waals surface area contributed by atoms with Crippen LogP contribution in [0.2, 0.25) is 0 Å². The fourth-order valence-corrected chi connectivity index (χ4v) is 7.18. The number of fused-ring (bicyclic) bond motifs is 4. The lowest BCUT2D eigenvalue weighted by atomic mass is 9.69. The van der Waals surface area contributed by atoms with E-state index >= 15 is 0 Å². The number of methoxy groups -OCH3 is 2. The van der Waals surface area contributed by atoms with E-state index < -0.39 is 11.9 Å². The van der Waals surface area contributed by atoms with Crippen LogP contribution in [-0.2, 0) is 23.8 Å². The number of esters is 2.